The van der Waals surface area contributed by atoms with Crippen LogP contribution in [0.2, 0.25) is 0 Å². The number of aromatic nitrogens is 2. The number of thioether (sulfide) groups is 1. The highest BCUT2D eigenvalue weighted by molar-refractivity contribution is 8.00. The summed E-state index contributed by atoms with van der Waals surface area (Å²) in [6.45, 7) is 8.46. The van der Waals surface area contributed by atoms with Gasteiger partial charge in [-0.1, -0.05) is 39.3 Å². The molecule has 2 aromatic carbocycles. The molecule has 0 bridgehead atoms. The lowest BCUT2D eigenvalue weighted by Crippen LogP contribution is -2.31. The van der Waals surface area contributed by atoms with E-state index in [0.717, 1.165) is 32.7 Å². The Morgan fingerprint density at radius 3 is 2.58 bits per heavy atom. The molecule has 2 aromatic heterocycles. The highest BCUT2D eigenvalue weighted by atomic mass is 32.2. The number of fused-ring (bicyclic) bond motifs is 1. The Kier molecular flexibility index (Phi) is 5.61. The summed E-state index contributed by atoms with van der Waals surface area (Å²) in [5, 5.41) is 14.2. The molecular weight excluding hydrogens is 428 g/mol. The van der Waals surface area contributed by atoms with E-state index in [0.29, 0.717) is 16.6 Å². The quantitative estimate of drug-likeness (QED) is 0.249. The predicted octanol–water partition coefficient (Wildman–Crippen LogP) is 7.51. The van der Waals surface area contributed by atoms with E-state index in [9.17, 15) is 5.21 Å². The van der Waals surface area contributed by atoms with Crippen LogP contribution in [0.5, 0.6) is 11.5 Å². The van der Waals surface area contributed by atoms with Crippen molar-refractivity contribution >= 4 is 22.8 Å². The predicted molar refractivity (Wildman–Crippen MR) is 136 cm³/mol. The van der Waals surface area contributed by atoms with Crippen LogP contribution in [0, 0.1) is 12.1 Å². The Balaban J connectivity index is 1.62. The number of benzene rings is 2. The molecule has 0 aliphatic heterocycles. The van der Waals surface area contributed by atoms with Crippen molar-refractivity contribution in [1.82, 2.24) is 4.98 Å². The molecule has 1 aliphatic carbocycles. The average Bonchev–Trinajstić information content (AvgIpc) is 3.24. The lowest BCUT2D eigenvalue weighted by Gasteiger charge is -2.25. The van der Waals surface area contributed by atoms with Gasteiger partial charge in [0.25, 0.3) is 5.65 Å². The van der Waals surface area contributed by atoms with Gasteiger partial charge in [-0.15, -0.1) is 11.8 Å². The van der Waals surface area contributed by atoms with Crippen LogP contribution in [-0.2, 0) is 5.41 Å². The van der Waals surface area contributed by atoms with E-state index in [4.69, 9.17) is 4.74 Å². The topological polar surface area (TPSA) is 52.0 Å². The minimum atomic E-state index is 0.0427. The molecule has 5 rings (SSSR count). The van der Waals surface area contributed by atoms with E-state index in [1.807, 2.05) is 49.1 Å². The van der Waals surface area contributed by atoms with Gasteiger partial charge in [-0.25, -0.2) is 9.71 Å². The Morgan fingerprint density at radius 1 is 1.03 bits per heavy atom. The number of pyridine rings is 1. The zero-order chi connectivity index (χ0) is 23.2. The lowest BCUT2D eigenvalue weighted by atomic mass is 9.87. The van der Waals surface area contributed by atoms with Crippen LogP contribution in [-0.4, -0.2) is 10.2 Å². The molecule has 0 unspecified atom stereocenters. The molecule has 170 valence electrons. The molecule has 0 spiro atoms. The molecule has 1 N–H and O–H groups in total. The third-order valence-electron chi connectivity index (χ3n) is 6.42. The number of nitrogens with one attached hydrogen (secondary N) is 1. The van der Waals surface area contributed by atoms with Crippen LogP contribution >= 0.6 is 11.8 Å². The summed E-state index contributed by atoms with van der Waals surface area (Å²) in [5.74, 6) is 1.62. The highest BCUT2D eigenvalue weighted by Crippen LogP contribution is 2.43. The Labute approximate surface area is 199 Å². The maximum Gasteiger partial charge on any atom is 0.290 e. The second kappa shape index (κ2) is 8.45. The van der Waals surface area contributed by atoms with Crippen molar-refractivity contribution in [3.8, 4) is 22.6 Å². The molecule has 0 radical (unpaired) electrons. The van der Waals surface area contributed by atoms with E-state index in [1.165, 1.54) is 29.7 Å². The van der Waals surface area contributed by atoms with Crippen molar-refractivity contribution in [1.29, 1.82) is 0 Å². The SMILES string of the molecule is Cc1cc(-c2cc(SC3CCC3)ccc2Oc2cccc(C(C)(C)C)c2)c2cc[nH]c2[n+]1[O-]. The molecule has 1 saturated carbocycles. The number of hydrogen-bond donors (Lipinski definition) is 1. The van der Waals surface area contributed by atoms with Crippen LogP contribution in [0.15, 0.2) is 65.7 Å². The fourth-order valence-corrected chi connectivity index (χ4v) is 5.49. The molecular formula is C28H30N2O2S. The molecule has 2 heterocycles. The highest BCUT2D eigenvalue weighted by Gasteiger charge is 2.22. The fraction of sp³-hybridized carbons (Fsp3) is 0.321. The monoisotopic (exact) mass is 458 g/mol. The summed E-state index contributed by atoms with van der Waals surface area (Å²) in [5.41, 5.74) is 4.51. The number of hydrogen-bond acceptors (Lipinski definition) is 3. The third-order valence-corrected chi connectivity index (χ3v) is 7.75. The molecule has 5 heteroatoms. The first-order valence-electron chi connectivity index (χ1n) is 11.6. The number of ether oxygens (including phenoxy) is 1. The molecule has 0 atom stereocenters. The number of nitrogens with zero attached hydrogens (tertiary/aromatic N) is 1. The van der Waals surface area contributed by atoms with E-state index >= 15 is 0 Å². The van der Waals surface area contributed by atoms with Crippen LogP contribution in [0.3, 0.4) is 0 Å². The summed E-state index contributed by atoms with van der Waals surface area (Å²) in [6.07, 6.45) is 5.70. The van der Waals surface area contributed by atoms with Crippen LogP contribution in [0.4, 0.5) is 0 Å². The third kappa shape index (κ3) is 4.34. The van der Waals surface area contributed by atoms with Gasteiger partial charge in [0.15, 0.2) is 0 Å². The minimum absolute atomic E-state index is 0.0427. The smallest absolute Gasteiger partial charge is 0.290 e. The van der Waals surface area contributed by atoms with E-state index < -0.39 is 0 Å². The molecule has 4 aromatic rings. The summed E-state index contributed by atoms with van der Waals surface area (Å²) < 4.78 is 7.45. The maximum atomic E-state index is 12.6. The van der Waals surface area contributed by atoms with Gasteiger partial charge < -0.3 is 9.94 Å². The van der Waals surface area contributed by atoms with E-state index in [2.05, 4.69) is 56.1 Å². The van der Waals surface area contributed by atoms with Gasteiger partial charge >= 0.3 is 0 Å². The van der Waals surface area contributed by atoms with Gasteiger partial charge in [0.2, 0.25) is 0 Å². The van der Waals surface area contributed by atoms with Gasteiger partial charge in [-0.05, 0) is 73.2 Å². The van der Waals surface area contributed by atoms with Crippen LogP contribution < -0.4 is 9.47 Å². The van der Waals surface area contributed by atoms with Crippen molar-refractivity contribution in [3.05, 3.63) is 77.3 Å². The summed E-state index contributed by atoms with van der Waals surface area (Å²) >= 11 is 1.94. The lowest BCUT2D eigenvalue weighted by molar-refractivity contribution is -0.586. The van der Waals surface area contributed by atoms with Gasteiger partial charge in [-0.3, -0.25) is 0 Å². The summed E-state index contributed by atoms with van der Waals surface area (Å²) in [6, 6.07) is 18.7. The molecule has 1 fully saturated rings. The van der Waals surface area contributed by atoms with Crippen molar-refractivity contribution in [3.63, 3.8) is 0 Å². The number of rotatable bonds is 5. The number of aromatic amines is 1. The second-order valence-corrected chi connectivity index (χ2v) is 11.3. The standard InChI is InChI=1S/C28H30N2O2S/c1-18-15-24(23-13-14-29-27(23)30(18)31)25-17-22(33-21-9-6-10-21)11-12-26(25)32-20-8-5-7-19(16-20)28(2,3)4/h5,7-8,11-17,21,29H,6,9-10H2,1-4H3. The van der Waals surface area contributed by atoms with E-state index in [-0.39, 0.29) is 5.41 Å². The van der Waals surface area contributed by atoms with E-state index in [1.54, 1.807) is 0 Å². The first-order valence-corrected chi connectivity index (χ1v) is 12.5. The largest absolute Gasteiger partial charge is 0.710 e. The molecule has 0 saturated heterocycles. The summed E-state index contributed by atoms with van der Waals surface area (Å²) in [7, 11) is 0. The van der Waals surface area contributed by atoms with Gasteiger partial charge in [0.1, 0.15) is 17.2 Å². The van der Waals surface area contributed by atoms with Crippen molar-refractivity contribution in [2.24, 2.45) is 0 Å². The number of aryl methyl sites for hydroxylation is 1. The van der Waals surface area contributed by atoms with Crippen molar-refractivity contribution in [2.75, 3.05) is 0 Å². The van der Waals surface area contributed by atoms with Gasteiger partial charge in [-0.2, -0.15) is 0 Å². The van der Waals surface area contributed by atoms with Crippen molar-refractivity contribution < 1.29 is 9.47 Å². The van der Waals surface area contributed by atoms with Gasteiger partial charge in [0.05, 0.1) is 11.6 Å². The zero-order valence-electron chi connectivity index (χ0n) is 19.6. The number of H-pyrrole nitrogens is 1. The average molecular weight is 459 g/mol. The zero-order valence-corrected chi connectivity index (χ0v) is 20.5. The van der Waals surface area contributed by atoms with Crippen molar-refractivity contribution in [2.45, 2.75) is 62.5 Å². The molecule has 0 amide bonds. The Morgan fingerprint density at radius 2 is 1.85 bits per heavy atom. The van der Waals surface area contributed by atoms with Gasteiger partial charge in [0, 0.05) is 21.3 Å². The molecule has 1 aliphatic rings. The first kappa shape index (κ1) is 21.9. The second-order valence-electron chi connectivity index (χ2n) is 9.94. The normalized spacial score (nSPS) is 14.4. The summed E-state index contributed by atoms with van der Waals surface area (Å²) in [4.78, 5) is 4.34. The Hall–Kier alpha value is -2.92. The maximum absolute atomic E-state index is 12.6. The fourth-order valence-electron chi connectivity index (χ4n) is 4.21. The molecule has 33 heavy (non-hydrogen) atoms. The molecule has 4 nitrogen and oxygen atoms in total. The Bertz CT molecular complexity index is 1320. The van der Waals surface area contributed by atoms with Crippen LogP contribution in [0.1, 0.15) is 51.3 Å². The first-order chi connectivity index (χ1) is 15.8. The van der Waals surface area contributed by atoms with Crippen LogP contribution in [0.25, 0.3) is 22.2 Å². The minimum Gasteiger partial charge on any atom is -0.710 e.